The Morgan fingerprint density at radius 3 is 2.39 bits per heavy atom. The van der Waals surface area contributed by atoms with Gasteiger partial charge in [0.2, 0.25) is 0 Å². The van der Waals surface area contributed by atoms with Gasteiger partial charge in [-0.3, -0.25) is 4.79 Å². The van der Waals surface area contributed by atoms with Crippen molar-refractivity contribution in [2.75, 3.05) is 26.3 Å². The molecule has 36 heavy (non-hydrogen) atoms. The average Bonchev–Trinajstić information content (AvgIpc) is 3.28. The molecule has 3 aromatic carbocycles. The predicted molar refractivity (Wildman–Crippen MR) is 141 cm³/mol. The number of carbonyl (C=O) groups is 1. The molecule has 1 aliphatic carbocycles. The molecule has 0 radical (unpaired) electrons. The molecule has 0 spiro atoms. The Kier molecular flexibility index (Phi) is 6.48. The minimum atomic E-state index is 0.0933. The Morgan fingerprint density at radius 1 is 0.917 bits per heavy atom. The Labute approximate surface area is 212 Å². The smallest absolute Gasteiger partial charge is 0.256 e. The fraction of sp³-hybridized carbons (Fsp3) is 0.323. The highest BCUT2D eigenvalue weighted by atomic mass is 16.5. The lowest BCUT2D eigenvalue weighted by Gasteiger charge is -2.36. The van der Waals surface area contributed by atoms with Gasteiger partial charge in [-0.2, -0.15) is 0 Å². The number of morpholine rings is 1. The van der Waals surface area contributed by atoms with Crippen molar-refractivity contribution in [1.29, 1.82) is 0 Å². The number of fused-ring (bicyclic) bond motifs is 1. The number of carbonyl (C=O) groups excluding carboxylic acids is 1. The number of ether oxygens (including phenoxy) is 2. The van der Waals surface area contributed by atoms with Crippen molar-refractivity contribution in [2.24, 2.45) is 5.92 Å². The van der Waals surface area contributed by atoms with E-state index in [1.807, 2.05) is 35.2 Å². The summed E-state index contributed by atoms with van der Waals surface area (Å²) in [5, 5.41) is 0.998. The number of amides is 1. The summed E-state index contributed by atoms with van der Waals surface area (Å²) in [5.74, 6) is 2.16. The highest BCUT2D eigenvalue weighted by Crippen LogP contribution is 2.43. The monoisotopic (exact) mass is 480 g/mol. The lowest BCUT2D eigenvalue weighted by molar-refractivity contribution is 0.0304. The van der Waals surface area contributed by atoms with Crippen LogP contribution in [0.4, 0.5) is 0 Å². The maximum absolute atomic E-state index is 13.5. The van der Waals surface area contributed by atoms with E-state index in [4.69, 9.17) is 9.47 Å². The van der Waals surface area contributed by atoms with Crippen molar-refractivity contribution in [3.8, 4) is 5.75 Å². The second kappa shape index (κ2) is 10.2. The van der Waals surface area contributed by atoms with Crippen LogP contribution >= 0.6 is 0 Å². The SMILES string of the molecule is O=C(c1cn(CC2CC(c3ccccc3)C2)c2cc(OCc3ccccc3)ccc12)N1CCOCC1. The van der Waals surface area contributed by atoms with Gasteiger partial charge < -0.3 is 18.9 Å². The first-order valence-corrected chi connectivity index (χ1v) is 13.0. The van der Waals surface area contributed by atoms with Crippen LogP contribution < -0.4 is 4.74 Å². The van der Waals surface area contributed by atoms with Crippen LogP contribution in [0.1, 0.15) is 40.2 Å². The summed E-state index contributed by atoms with van der Waals surface area (Å²) in [7, 11) is 0. The van der Waals surface area contributed by atoms with Gasteiger partial charge in [-0.25, -0.2) is 0 Å². The fourth-order valence-electron chi connectivity index (χ4n) is 5.52. The third-order valence-electron chi connectivity index (χ3n) is 7.59. The number of rotatable bonds is 7. The molecule has 0 N–H and O–H groups in total. The average molecular weight is 481 g/mol. The van der Waals surface area contributed by atoms with E-state index in [0.29, 0.717) is 44.7 Å². The molecule has 2 fully saturated rings. The van der Waals surface area contributed by atoms with E-state index in [1.165, 1.54) is 18.4 Å². The van der Waals surface area contributed by atoms with Crippen molar-refractivity contribution in [1.82, 2.24) is 9.47 Å². The first-order valence-electron chi connectivity index (χ1n) is 13.0. The minimum absolute atomic E-state index is 0.0933. The molecule has 6 rings (SSSR count). The van der Waals surface area contributed by atoms with Gasteiger partial charge in [-0.1, -0.05) is 60.7 Å². The van der Waals surface area contributed by atoms with E-state index in [2.05, 4.69) is 59.3 Å². The van der Waals surface area contributed by atoms with Crippen molar-refractivity contribution in [3.63, 3.8) is 0 Å². The van der Waals surface area contributed by atoms with Crippen LogP contribution in [0.5, 0.6) is 5.75 Å². The molecule has 5 nitrogen and oxygen atoms in total. The van der Waals surface area contributed by atoms with Crippen LogP contribution in [-0.4, -0.2) is 41.7 Å². The van der Waals surface area contributed by atoms with E-state index >= 15 is 0 Å². The van der Waals surface area contributed by atoms with E-state index in [0.717, 1.165) is 34.3 Å². The van der Waals surface area contributed by atoms with Gasteiger partial charge in [-0.15, -0.1) is 0 Å². The number of nitrogens with zero attached hydrogens (tertiary/aromatic N) is 2. The standard InChI is InChI=1S/C31H32N2O3/c34-31(32-13-15-35-16-14-32)29-21-33(20-24-17-26(18-24)25-9-5-2-6-10-25)30-19-27(11-12-28(29)30)36-22-23-7-3-1-4-8-23/h1-12,19,21,24,26H,13-18,20,22H2. The molecule has 1 aromatic heterocycles. The second-order valence-corrected chi connectivity index (χ2v) is 10.00. The van der Waals surface area contributed by atoms with E-state index in [-0.39, 0.29) is 5.91 Å². The van der Waals surface area contributed by atoms with E-state index < -0.39 is 0 Å². The molecule has 1 saturated carbocycles. The molecule has 2 aliphatic rings. The van der Waals surface area contributed by atoms with Crippen LogP contribution in [0, 0.1) is 5.92 Å². The molecule has 5 heteroatoms. The van der Waals surface area contributed by atoms with Gasteiger partial charge in [0, 0.05) is 37.3 Å². The van der Waals surface area contributed by atoms with Crippen molar-refractivity contribution in [2.45, 2.75) is 31.9 Å². The lowest BCUT2D eigenvalue weighted by atomic mass is 9.71. The van der Waals surface area contributed by atoms with Crippen molar-refractivity contribution >= 4 is 16.8 Å². The summed E-state index contributed by atoms with van der Waals surface area (Å²) in [4.78, 5) is 15.4. The summed E-state index contributed by atoms with van der Waals surface area (Å²) >= 11 is 0. The number of benzene rings is 3. The molecule has 184 valence electrons. The van der Waals surface area contributed by atoms with Gasteiger partial charge >= 0.3 is 0 Å². The summed E-state index contributed by atoms with van der Waals surface area (Å²) < 4.78 is 13.9. The second-order valence-electron chi connectivity index (χ2n) is 10.00. The van der Waals surface area contributed by atoms with Crippen LogP contribution in [-0.2, 0) is 17.9 Å². The van der Waals surface area contributed by atoms with Crippen molar-refractivity contribution in [3.05, 3.63) is 102 Å². The summed E-state index contributed by atoms with van der Waals surface area (Å²) in [6.45, 7) is 3.93. The molecule has 0 atom stereocenters. The van der Waals surface area contributed by atoms with Gasteiger partial charge in [0.1, 0.15) is 12.4 Å². The molecule has 1 saturated heterocycles. The van der Waals surface area contributed by atoms with Crippen LogP contribution in [0.3, 0.4) is 0 Å². The molecule has 0 unspecified atom stereocenters. The summed E-state index contributed by atoms with van der Waals surface area (Å²) in [6, 6.07) is 27.1. The molecule has 0 bridgehead atoms. The van der Waals surface area contributed by atoms with Gasteiger partial charge in [0.25, 0.3) is 5.91 Å². The Balaban J connectivity index is 1.25. The normalized spacial score (nSPS) is 19.7. The zero-order chi connectivity index (χ0) is 24.3. The molecular weight excluding hydrogens is 448 g/mol. The van der Waals surface area contributed by atoms with Crippen LogP contribution in [0.25, 0.3) is 10.9 Å². The van der Waals surface area contributed by atoms with Gasteiger partial charge in [0.05, 0.1) is 24.3 Å². The minimum Gasteiger partial charge on any atom is -0.489 e. The number of hydrogen-bond donors (Lipinski definition) is 0. The molecule has 2 heterocycles. The quantitative estimate of drug-likeness (QED) is 0.331. The number of hydrogen-bond acceptors (Lipinski definition) is 3. The van der Waals surface area contributed by atoms with Crippen LogP contribution in [0.2, 0.25) is 0 Å². The first kappa shape index (κ1) is 22.9. The molecule has 4 aromatic rings. The highest BCUT2D eigenvalue weighted by Gasteiger charge is 2.31. The zero-order valence-corrected chi connectivity index (χ0v) is 20.5. The fourth-order valence-corrected chi connectivity index (χ4v) is 5.52. The Bertz CT molecular complexity index is 1320. The largest absolute Gasteiger partial charge is 0.489 e. The molecular formula is C31H32N2O3. The van der Waals surface area contributed by atoms with Gasteiger partial charge in [0.15, 0.2) is 0 Å². The van der Waals surface area contributed by atoms with Crippen LogP contribution in [0.15, 0.2) is 85.1 Å². The lowest BCUT2D eigenvalue weighted by Crippen LogP contribution is -2.40. The third kappa shape index (κ3) is 4.76. The zero-order valence-electron chi connectivity index (χ0n) is 20.5. The van der Waals surface area contributed by atoms with Crippen molar-refractivity contribution < 1.29 is 14.3 Å². The van der Waals surface area contributed by atoms with Gasteiger partial charge in [-0.05, 0) is 47.9 Å². The van der Waals surface area contributed by atoms with E-state index in [9.17, 15) is 4.79 Å². The predicted octanol–water partition coefficient (Wildman–Crippen LogP) is 5.89. The molecule has 1 amide bonds. The summed E-state index contributed by atoms with van der Waals surface area (Å²) in [6.07, 6.45) is 4.43. The maximum atomic E-state index is 13.5. The highest BCUT2D eigenvalue weighted by molar-refractivity contribution is 6.07. The first-order chi connectivity index (χ1) is 17.7. The Hall–Kier alpha value is -3.57. The topological polar surface area (TPSA) is 43.7 Å². The maximum Gasteiger partial charge on any atom is 0.256 e. The Morgan fingerprint density at radius 2 is 1.64 bits per heavy atom. The third-order valence-corrected chi connectivity index (χ3v) is 7.59. The summed E-state index contributed by atoms with van der Waals surface area (Å²) in [5.41, 5.74) is 4.42. The number of aromatic nitrogens is 1. The van der Waals surface area contributed by atoms with E-state index in [1.54, 1.807) is 0 Å². The molecule has 1 aliphatic heterocycles.